The Morgan fingerprint density at radius 3 is 2.75 bits per heavy atom. The summed E-state index contributed by atoms with van der Waals surface area (Å²) in [4.78, 5) is 11.7. The Morgan fingerprint density at radius 1 is 1.31 bits per heavy atom. The topological polar surface area (TPSA) is 49.3 Å². The van der Waals surface area contributed by atoms with Crippen LogP contribution in [0.3, 0.4) is 0 Å². The second-order valence-corrected chi connectivity index (χ2v) is 5.99. The average molecular weight is 243 g/mol. The van der Waals surface area contributed by atoms with E-state index in [0.717, 1.165) is 36.3 Å². The lowest BCUT2D eigenvalue weighted by atomic mass is 10.1. The van der Waals surface area contributed by atoms with Crippen molar-refractivity contribution in [2.24, 2.45) is 17.8 Å². The van der Waals surface area contributed by atoms with Crippen LogP contribution in [0.5, 0.6) is 0 Å². The van der Waals surface area contributed by atoms with Gasteiger partial charge < -0.3 is 10.4 Å². The minimum atomic E-state index is 0.269. The Kier molecular flexibility index (Phi) is 4.53. The van der Waals surface area contributed by atoms with Crippen LogP contribution in [-0.4, -0.2) is 35.7 Å². The highest BCUT2D eigenvalue weighted by Gasteiger charge is 2.56. The van der Waals surface area contributed by atoms with E-state index in [0.29, 0.717) is 5.92 Å². The predicted molar refractivity (Wildman–Crippen MR) is 66.4 cm³/mol. The van der Waals surface area contributed by atoms with E-state index in [1.165, 1.54) is 19.3 Å². The molecule has 2 aliphatic rings. The monoisotopic (exact) mass is 243 g/mol. The summed E-state index contributed by atoms with van der Waals surface area (Å²) in [5, 5.41) is 11.6. The zero-order chi connectivity index (χ0) is 11.4. The summed E-state index contributed by atoms with van der Waals surface area (Å²) < 4.78 is 0. The van der Waals surface area contributed by atoms with Crippen molar-refractivity contribution in [3.8, 4) is 0 Å². The van der Waals surface area contributed by atoms with Crippen molar-refractivity contribution in [1.82, 2.24) is 5.32 Å². The van der Waals surface area contributed by atoms with Crippen LogP contribution in [0.1, 0.15) is 25.7 Å². The van der Waals surface area contributed by atoms with Crippen LogP contribution < -0.4 is 5.32 Å². The minimum absolute atomic E-state index is 0.269. The third-order valence-electron chi connectivity index (χ3n) is 3.70. The summed E-state index contributed by atoms with van der Waals surface area (Å²) >= 11 is 1.80. The highest BCUT2D eigenvalue weighted by molar-refractivity contribution is 7.99. The van der Waals surface area contributed by atoms with Crippen LogP contribution in [0.25, 0.3) is 0 Å². The van der Waals surface area contributed by atoms with Crippen LogP contribution in [0.15, 0.2) is 0 Å². The minimum Gasteiger partial charge on any atom is -0.396 e. The maximum atomic E-state index is 11.7. The van der Waals surface area contributed by atoms with Gasteiger partial charge in [-0.05, 0) is 36.9 Å². The standard InChI is InChI=1S/C12H21NO2S/c14-6-2-7-16-8-5-13-12(15)11-9-3-1-4-10(9)11/h9-11,14H,1-8H2,(H,13,15)/t9-,10-/m1/s1. The molecular formula is C12H21NO2S. The SMILES string of the molecule is O=C(NCCSCCCO)C1[C@@H]2CCC[C@@H]12. The van der Waals surface area contributed by atoms with E-state index in [9.17, 15) is 4.79 Å². The normalized spacial score (nSPS) is 31.2. The molecule has 2 atom stereocenters. The molecule has 0 saturated heterocycles. The summed E-state index contributed by atoms with van der Waals surface area (Å²) in [6.07, 6.45) is 4.73. The fourth-order valence-corrected chi connectivity index (χ4v) is 3.63. The molecule has 0 aliphatic heterocycles. The predicted octanol–water partition coefficient (Wildman–Crippen LogP) is 1.26. The first-order valence-electron chi connectivity index (χ1n) is 6.31. The third-order valence-corrected chi connectivity index (χ3v) is 4.77. The van der Waals surface area contributed by atoms with Crippen molar-refractivity contribution in [2.75, 3.05) is 24.7 Å². The summed E-state index contributed by atoms with van der Waals surface area (Å²) in [6, 6.07) is 0. The number of carbonyl (C=O) groups excluding carboxylic acids is 1. The third kappa shape index (κ3) is 2.92. The second-order valence-electron chi connectivity index (χ2n) is 4.76. The van der Waals surface area contributed by atoms with Crippen LogP contribution in [0, 0.1) is 17.8 Å². The molecule has 92 valence electrons. The molecule has 0 spiro atoms. The number of aliphatic hydroxyl groups excluding tert-OH is 1. The molecule has 0 bridgehead atoms. The number of rotatable bonds is 7. The molecule has 2 rings (SSSR count). The average Bonchev–Trinajstić information content (AvgIpc) is 2.77. The number of fused-ring (bicyclic) bond motifs is 1. The van der Waals surface area contributed by atoms with Gasteiger partial charge in [0.25, 0.3) is 0 Å². The van der Waals surface area contributed by atoms with Crippen molar-refractivity contribution in [3.05, 3.63) is 0 Å². The van der Waals surface area contributed by atoms with Crippen molar-refractivity contribution in [2.45, 2.75) is 25.7 Å². The molecule has 16 heavy (non-hydrogen) atoms. The molecule has 0 aromatic heterocycles. The van der Waals surface area contributed by atoms with Crippen LogP contribution in [-0.2, 0) is 4.79 Å². The quantitative estimate of drug-likeness (QED) is 0.662. The van der Waals surface area contributed by atoms with Crippen molar-refractivity contribution < 1.29 is 9.90 Å². The lowest BCUT2D eigenvalue weighted by Gasteiger charge is -2.06. The van der Waals surface area contributed by atoms with Gasteiger partial charge in [0.15, 0.2) is 0 Å². The zero-order valence-electron chi connectivity index (χ0n) is 9.65. The van der Waals surface area contributed by atoms with Gasteiger partial charge in [0, 0.05) is 24.8 Å². The van der Waals surface area contributed by atoms with E-state index in [2.05, 4.69) is 5.32 Å². The van der Waals surface area contributed by atoms with Gasteiger partial charge in [-0.1, -0.05) is 6.42 Å². The Labute approximate surface area is 101 Å². The van der Waals surface area contributed by atoms with E-state index in [-0.39, 0.29) is 12.5 Å². The zero-order valence-corrected chi connectivity index (χ0v) is 10.5. The van der Waals surface area contributed by atoms with E-state index in [1.54, 1.807) is 11.8 Å². The molecule has 4 heteroatoms. The van der Waals surface area contributed by atoms with Crippen LogP contribution in [0.2, 0.25) is 0 Å². The summed E-state index contributed by atoms with van der Waals surface area (Å²) in [6.45, 7) is 1.05. The molecule has 2 fully saturated rings. The van der Waals surface area contributed by atoms with Gasteiger partial charge in [-0.3, -0.25) is 4.79 Å². The first-order chi connectivity index (χ1) is 7.84. The van der Waals surface area contributed by atoms with E-state index in [1.807, 2.05) is 0 Å². The Bertz CT molecular complexity index is 237. The number of hydrogen-bond acceptors (Lipinski definition) is 3. The molecule has 2 saturated carbocycles. The second kappa shape index (κ2) is 5.92. The van der Waals surface area contributed by atoms with E-state index < -0.39 is 0 Å². The molecule has 2 aliphatic carbocycles. The molecular weight excluding hydrogens is 222 g/mol. The number of amides is 1. The van der Waals surface area contributed by atoms with Crippen LogP contribution in [0.4, 0.5) is 0 Å². The van der Waals surface area contributed by atoms with Gasteiger partial charge in [0.2, 0.25) is 5.91 Å². The maximum absolute atomic E-state index is 11.7. The Balaban J connectivity index is 1.49. The number of thioether (sulfide) groups is 1. The Hall–Kier alpha value is -0.220. The van der Waals surface area contributed by atoms with Gasteiger partial charge >= 0.3 is 0 Å². The number of nitrogens with one attached hydrogen (secondary N) is 1. The lowest BCUT2D eigenvalue weighted by Crippen LogP contribution is -2.28. The van der Waals surface area contributed by atoms with Gasteiger partial charge in [-0.25, -0.2) is 0 Å². The molecule has 0 heterocycles. The Morgan fingerprint density at radius 2 is 2.06 bits per heavy atom. The number of hydrogen-bond donors (Lipinski definition) is 2. The van der Waals surface area contributed by atoms with Crippen molar-refractivity contribution >= 4 is 17.7 Å². The van der Waals surface area contributed by atoms with Gasteiger partial charge in [0.05, 0.1) is 0 Å². The number of aliphatic hydroxyl groups is 1. The number of carbonyl (C=O) groups is 1. The summed E-state index contributed by atoms with van der Waals surface area (Å²) in [5.41, 5.74) is 0. The van der Waals surface area contributed by atoms with Crippen LogP contribution >= 0.6 is 11.8 Å². The van der Waals surface area contributed by atoms with Crippen molar-refractivity contribution in [1.29, 1.82) is 0 Å². The first kappa shape index (κ1) is 12.2. The van der Waals surface area contributed by atoms with Gasteiger partial charge in [-0.15, -0.1) is 0 Å². The lowest BCUT2D eigenvalue weighted by molar-refractivity contribution is -0.122. The van der Waals surface area contributed by atoms with Gasteiger partial charge in [0.1, 0.15) is 0 Å². The molecule has 0 aromatic rings. The fraction of sp³-hybridized carbons (Fsp3) is 0.917. The highest BCUT2D eigenvalue weighted by atomic mass is 32.2. The molecule has 0 radical (unpaired) electrons. The smallest absolute Gasteiger partial charge is 0.223 e. The molecule has 0 aromatic carbocycles. The fourth-order valence-electron chi connectivity index (χ4n) is 2.84. The van der Waals surface area contributed by atoms with E-state index in [4.69, 9.17) is 5.11 Å². The molecule has 1 amide bonds. The summed E-state index contributed by atoms with van der Waals surface area (Å²) in [5.74, 6) is 4.05. The summed E-state index contributed by atoms with van der Waals surface area (Å²) in [7, 11) is 0. The largest absolute Gasteiger partial charge is 0.396 e. The highest BCUT2D eigenvalue weighted by Crippen LogP contribution is 2.57. The van der Waals surface area contributed by atoms with Crippen molar-refractivity contribution in [3.63, 3.8) is 0 Å². The maximum Gasteiger partial charge on any atom is 0.223 e. The first-order valence-corrected chi connectivity index (χ1v) is 7.46. The molecule has 0 unspecified atom stereocenters. The van der Waals surface area contributed by atoms with E-state index >= 15 is 0 Å². The van der Waals surface area contributed by atoms with Gasteiger partial charge in [-0.2, -0.15) is 11.8 Å². The molecule has 3 nitrogen and oxygen atoms in total. The molecule has 2 N–H and O–H groups in total.